The van der Waals surface area contributed by atoms with Gasteiger partial charge in [-0.3, -0.25) is 14.4 Å². The minimum atomic E-state index is -1.39. The van der Waals surface area contributed by atoms with Crippen molar-refractivity contribution < 1.29 is 38.5 Å². The summed E-state index contributed by atoms with van der Waals surface area (Å²) in [7, 11) is 4.89. The van der Waals surface area contributed by atoms with Crippen LogP contribution < -0.4 is 5.32 Å². The van der Waals surface area contributed by atoms with Gasteiger partial charge in [0.2, 0.25) is 23.5 Å². The van der Waals surface area contributed by atoms with E-state index in [2.05, 4.69) is 5.32 Å². The van der Waals surface area contributed by atoms with Gasteiger partial charge in [-0.25, -0.2) is 4.79 Å². The highest BCUT2D eigenvalue weighted by Gasteiger charge is 2.55. The Bertz CT molecular complexity index is 1980. The molecule has 284 valence electrons. The summed E-state index contributed by atoms with van der Waals surface area (Å²) in [5.74, 6) is -3.04. The molecule has 0 spiro atoms. The van der Waals surface area contributed by atoms with Gasteiger partial charge in [-0.05, 0) is 35.4 Å². The molecule has 0 unspecified atom stereocenters. The number of likely N-dealkylation sites (N-methyl/N-ethyl adjacent to an activating group) is 2. The van der Waals surface area contributed by atoms with Crippen molar-refractivity contribution in [1.29, 1.82) is 0 Å². The average molecular weight is 744 g/mol. The molecule has 11 nitrogen and oxygen atoms in total. The lowest BCUT2D eigenvalue weighted by Crippen LogP contribution is -2.51. The largest absolute Gasteiger partial charge is 0.456 e. The van der Waals surface area contributed by atoms with Crippen molar-refractivity contribution >= 4 is 29.8 Å². The number of nitrogens with one attached hydrogen (secondary N) is 1. The topological polar surface area (TPSA) is 135 Å². The molecule has 1 heterocycles. The number of esters is 1. The maximum absolute atomic E-state index is 14.4. The Morgan fingerprint density at radius 2 is 1.45 bits per heavy atom. The van der Waals surface area contributed by atoms with E-state index in [1.54, 1.807) is 57.6 Å². The van der Waals surface area contributed by atoms with Crippen molar-refractivity contribution in [2.45, 2.75) is 43.0 Å². The molecule has 4 aromatic rings. The van der Waals surface area contributed by atoms with Gasteiger partial charge in [-0.2, -0.15) is 0 Å². The number of benzene rings is 4. The first-order valence-corrected chi connectivity index (χ1v) is 18.2. The highest BCUT2D eigenvalue weighted by molar-refractivity contribution is 5.97. The summed E-state index contributed by atoms with van der Waals surface area (Å²) >= 11 is 0. The molecule has 3 amide bonds. The Kier molecular flexibility index (Phi) is 12.4. The summed E-state index contributed by atoms with van der Waals surface area (Å²) in [5.41, 5.74) is 3.58. The molecule has 0 bridgehead atoms. The number of fused-ring (bicyclic) bond motifs is 1. The van der Waals surface area contributed by atoms with Gasteiger partial charge in [-0.1, -0.05) is 103 Å². The van der Waals surface area contributed by atoms with Gasteiger partial charge in [0.25, 0.3) is 0 Å². The minimum absolute atomic E-state index is 0.0110. The fourth-order valence-electron chi connectivity index (χ4n) is 6.74. The number of hydrogen-bond acceptors (Lipinski definition) is 8. The first-order chi connectivity index (χ1) is 26.6. The summed E-state index contributed by atoms with van der Waals surface area (Å²) in [6.45, 7) is -0.214. The zero-order valence-electron chi connectivity index (χ0n) is 31.0. The molecule has 2 aliphatic rings. The maximum atomic E-state index is 14.4. The van der Waals surface area contributed by atoms with Crippen LogP contribution in [0.2, 0.25) is 0 Å². The fraction of sp³-hybridized carbons (Fsp3) is 0.273. The number of carbonyl (C=O) groups is 4. The van der Waals surface area contributed by atoms with Crippen molar-refractivity contribution in [1.82, 2.24) is 15.1 Å². The van der Waals surface area contributed by atoms with E-state index >= 15 is 0 Å². The quantitative estimate of drug-likeness (QED) is 0.151. The summed E-state index contributed by atoms with van der Waals surface area (Å²) in [6, 6.07) is 34.0. The molecule has 4 aromatic carbocycles. The van der Waals surface area contributed by atoms with E-state index in [1.165, 1.54) is 15.9 Å². The number of rotatable bonds is 13. The van der Waals surface area contributed by atoms with Gasteiger partial charge in [0.1, 0.15) is 24.4 Å². The van der Waals surface area contributed by atoms with Crippen molar-refractivity contribution in [3.63, 3.8) is 0 Å². The smallest absolute Gasteiger partial charge is 0.338 e. The van der Waals surface area contributed by atoms with E-state index < -0.39 is 47.9 Å². The number of ether oxygens (including phenoxy) is 3. The predicted octanol–water partition coefficient (Wildman–Crippen LogP) is 4.51. The Hall–Kier alpha value is -5.88. The summed E-state index contributed by atoms with van der Waals surface area (Å²) < 4.78 is 19.9. The van der Waals surface area contributed by atoms with Crippen molar-refractivity contribution in [3.8, 4) is 0 Å². The first-order valence-electron chi connectivity index (χ1n) is 18.2. The van der Waals surface area contributed by atoms with Gasteiger partial charge in [0.05, 0.1) is 12.2 Å². The van der Waals surface area contributed by atoms with Crippen LogP contribution in [0.25, 0.3) is 6.08 Å². The van der Waals surface area contributed by atoms with Crippen LogP contribution >= 0.6 is 0 Å². The lowest BCUT2D eigenvalue weighted by molar-refractivity contribution is -0.157. The van der Waals surface area contributed by atoms with Gasteiger partial charge >= 0.3 is 5.97 Å². The summed E-state index contributed by atoms with van der Waals surface area (Å²) in [5, 5.41) is 12.1. The van der Waals surface area contributed by atoms with Crippen molar-refractivity contribution in [2.75, 3.05) is 34.3 Å². The molecule has 6 rings (SSSR count). The number of aliphatic hydroxyl groups excluding tert-OH is 1. The Balaban J connectivity index is 1.33. The SMILES string of the molecule is CN(C)C(=O)C=Cc1ccc(C(=O)O[C@@H]2CC(C(=O)N(C)[C@H](Cc3ccccc3)C(=O)NCCO)=C[C@H]3OC(c4ccccc4)(c4ccccc4)O[C@H]32)cc1. The number of hydrogen-bond donors (Lipinski definition) is 2. The molecule has 0 aromatic heterocycles. The van der Waals surface area contributed by atoms with Gasteiger partial charge in [-0.15, -0.1) is 0 Å². The van der Waals surface area contributed by atoms with Gasteiger partial charge in [0, 0.05) is 63.3 Å². The zero-order chi connectivity index (χ0) is 39.0. The second-order valence-electron chi connectivity index (χ2n) is 13.7. The van der Waals surface area contributed by atoms with Crippen molar-refractivity contribution in [3.05, 3.63) is 161 Å². The molecule has 1 saturated heterocycles. The zero-order valence-corrected chi connectivity index (χ0v) is 31.0. The first kappa shape index (κ1) is 38.8. The predicted molar refractivity (Wildman–Crippen MR) is 206 cm³/mol. The van der Waals surface area contributed by atoms with E-state index in [0.29, 0.717) is 5.57 Å². The van der Waals surface area contributed by atoms with Crippen molar-refractivity contribution in [2.24, 2.45) is 0 Å². The van der Waals surface area contributed by atoms with Crippen LogP contribution in [-0.2, 0) is 40.8 Å². The van der Waals surface area contributed by atoms with E-state index in [-0.39, 0.29) is 37.5 Å². The lowest BCUT2D eigenvalue weighted by atomic mass is 9.90. The number of aliphatic hydroxyl groups is 1. The van der Waals surface area contributed by atoms with E-state index in [1.807, 2.05) is 91.0 Å². The third kappa shape index (κ3) is 8.92. The molecule has 55 heavy (non-hydrogen) atoms. The molecule has 0 saturated carbocycles. The third-order valence-corrected chi connectivity index (χ3v) is 9.70. The molecule has 2 N–H and O–H groups in total. The molecular weight excluding hydrogens is 698 g/mol. The normalized spacial score (nSPS) is 19.1. The van der Waals surface area contributed by atoms with E-state index in [4.69, 9.17) is 14.2 Å². The Morgan fingerprint density at radius 1 is 0.855 bits per heavy atom. The monoisotopic (exact) mass is 743 g/mol. The molecule has 1 fully saturated rings. The Morgan fingerprint density at radius 3 is 2.04 bits per heavy atom. The Labute approximate surface area is 320 Å². The minimum Gasteiger partial charge on any atom is -0.456 e. The number of carbonyl (C=O) groups excluding carboxylic acids is 4. The third-order valence-electron chi connectivity index (χ3n) is 9.70. The second kappa shape index (κ2) is 17.5. The standard InChI is InChI=1S/C44H45N3O8/c1-46(2)39(49)24-21-30-19-22-32(23-20-30)43(52)53-37-28-33(42(51)47(3)36(41(50)45-25-26-48)27-31-13-7-4-8-14-31)29-38-40(37)55-44(54-38,34-15-9-5-10-16-34)35-17-11-6-12-18-35/h4-24,29,36-38,40,48H,25-28H2,1-3H3,(H,45,50)/t36-,37-,38-,40+/m1/s1. The van der Waals surface area contributed by atoms with Crippen LogP contribution in [0.1, 0.15) is 39.0 Å². The van der Waals surface area contributed by atoms with E-state index in [0.717, 1.165) is 22.3 Å². The fourth-order valence-corrected chi connectivity index (χ4v) is 6.74. The summed E-state index contributed by atoms with van der Waals surface area (Å²) in [6.07, 6.45) is 2.45. The van der Waals surface area contributed by atoms with Crippen LogP contribution in [0.3, 0.4) is 0 Å². The second-order valence-corrected chi connectivity index (χ2v) is 13.7. The molecular formula is C44H45N3O8. The molecule has 11 heteroatoms. The van der Waals surface area contributed by atoms with Gasteiger partial charge < -0.3 is 34.4 Å². The van der Waals surface area contributed by atoms with Crippen LogP contribution in [0.5, 0.6) is 0 Å². The molecule has 0 radical (unpaired) electrons. The molecule has 1 aliphatic heterocycles. The maximum Gasteiger partial charge on any atom is 0.338 e. The highest BCUT2D eigenvalue weighted by atomic mass is 16.8. The van der Waals surface area contributed by atoms with Crippen LogP contribution in [0.4, 0.5) is 0 Å². The highest BCUT2D eigenvalue weighted by Crippen LogP contribution is 2.47. The lowest BCUT2D eigenvalue weighted by Gasteiger charge is -2.33. The van der Waals surface area contributed by atoms with E-state index in [9.17, 15) is 24.3 Å². The van der Waals surface area contributed by atoms with Crippen LogP contribution in [0.15, 0.2) is 133 Å². The average Bonchev–Trinajstić information content (AvgIpc) is 3.63. The number of amides is 3. The summed E-state index contributed by atoms with van der Waals surface area (Å²) in [4.78, 5) is 56.5. The van der Waals surface area contributed by atoms with Gasteiger partial charge in [0.15, 0.2) is 0 Å². The molecule has 1 aliphatic carbocycles. The van der Waals surface area contributed by atoms with Crippen LogP contribution in [0, 0.1) is 0 Å². The van der Waals surface area contributed by atoms with Crippen LogP contribution in [-0.4, -0.2) is 97.2 Å². The number of nitrogens with zero attached hydrogens (tertiary/aromatic N) is 2. The molecule has 4 atom stereocenters.